The number of carbonyl (C=O) groups is 2. The molecule has 0 saturated heterocycles. The molecule has 3 rings (SSSR count). The van der Waals surface area contributed by atoms with E-state index in [1.807, 2.05) is 65.8 Å². The highest BCUT2D eigenvalue weighted by atomic mass is 32.2. The van der Waals surface area contributed by atoms with E-state index in [9.17, 15) is 9.59 Å². The highest BCUT2D eigenvalue weighted by Crippen LogP contribution is 2.52. The molecule has 224 valence electrons. The quantitative estimate of drug-likeness (QED) is 0.0846. The fourth-order valence-corrected chi connectivity index (χ4v) is 9.52. The average molecular weight is 661 g/mol. The summed E-state index contributed by atoms with van der Waals surface area (Å²) in [6, 6.07) is 16.0. The first kappa shape index (κ1) is 34.6. The number of rotatable bonds is 13. The number of hydrogen-bond acceptors (Lipinski definition) is 9. The van der Waals surface area contributed by atoms with E-state index in [1.165, 1.54) is 23.5 Å². The minimum absolute atomic E-state index is 0.230. The van der Waals surface area contributed by atoms with Crippen LogP contribution < -0.4 is 5.30 Å². The number of hydrogen-bond donors (Lipinski definition) is 1. The summed E-state index contributed by atoms with van der Waals surface area (Å²) in [7, 11) is -4.28. The zero-order valence-electron chi connectivity index (χ0n) is 24.8. The van der Waals surface area contributed by atoms with Gasteiger partial charge in [0.05, 0.1) is 6.61 Å². The highest BCUT2D eigenvalue weighted by Gasteiger charge is 2.44. The van der Waals surface area contributed by atoms with Crippen LogP contribution in [-0.2, 0) is 25.5 Å². The molecule has 2 unspecified atom stereocenters. The molecular formula is C32H37O5PS4. The van der Waals surface area contributed by atoms with Crippen molar-refractivity contribution in [3.63, 3.8) is 0 Å². The SMILES string of the molecule is CCOC(=S)SCc1cc(C)c(C(=O)P(=O)(C(=O)c2c(C)cc(CSC(S)OCC)cc2C)c2ccccc2)c(C)c1. The minimum Gasteiger partial charge on any atom is -0.479 e. The van der Waals surface area contributed by atoms with Crippen LogP contribution in [0.15, 0.2) is 54.6 Å². The summed E-state index contributed by atoms with van der Waals surface area (Å²) < 4.78 is 26.1. The molecule has 0 radical (unpaired) electrons. The van der Waals surface area contributed by atoms with E-state index in [0.717, 1.165) is 11.1 Å². The Hall–Kier alpha value is -1.87. The van der Waals surface area contributed by atoms with Gasteiger partial charge in [-0.05, 0) is 87.1 Å². The largest absolute Gasteiger partial charge is 0.479 e. The molecular weight excluding hydrogens is 624 g/mol. The number of thioether (sulfide) groups is 2. The van der Waals surface area contributed by atoms with Crippen molar-refractivity contribution >= 4 is 76.2 Å². The number of carbonyl (C=O) groups excluding carboxylic acids is 2. The maximum Gasteiger partial charge on any atom is 0.248 e. The van der Waals surface area contributed by atoms with Crippen LogP contribution >= 0.6 is 55.5 Å². The van der Waals surface area contributed by atoms with Crippen molar-refractivity contribution in [3.05, 3.63) is 99.1 Å². The molecule has 0 bridgehead atoms. The summed E-state index contributed by atoms with van der Waals surface area (Å²) in [5.41, 5.74) is 3.99. The van der Waals surface area contributed by atoms with Gasteiger partial charge in [-0.25, -0.2) is 0 Å². The summed E-state index contributed by atoms with van der Waals surface area (Å²) in [5, 5.41) is 0.230. The molecule has 0 aliphatic heterocycles. The number of thiol groups is 1. The molecule has 0 aliphatic rings. The maximum absolute atomic E-state index is 15.0. The second-order valence-corrected chi connectivity index (χ2v) is 15.8. The summed E-state index contributed by atoms with van der Waals surface area (Å²) in [4.78, 5) is 28.7. The van der Waals surface area contributed by atoms with Crippen molar-refractivity contribution in [2.45, 2.75) is 57.8 Å². The number of ether oxygens (including phenoxy) is 2. The van der Waals surface area contributed by atoms with Crippen molar-refractivity contribution in [2.75, 3.05) is 13.2 Å². The van der Waals surface area contributed by atoms with Gasteiger partial charge in [0.1, 0.15) is 4.77 Å². The van der Waals surface area contributed by atoms with Gasteiger partial charge in [0.25, 0.3) is 0 Å². The number of benzene rings is 3. The molecule has 0 amide bonds. The van der Waals surface area contributed by atoms with Crippen molar-refractivity contribution in [2.24, 2.45) is 0 Å². The lowest BCUT2D eigenvalue weighted by Crippen LogP contribution is -2.23. The fraction of sp³-hybridized carbons (Fsp3) is 0.344. The summed E-state index contributed by atoms with van der Waals surface area (Å²) in [6.07, 6.45) is 0. The lowest BCUT2D eigenvalue weighted by atomic mass is 10.0. The molecule has 0 aliphatic carbocycles. The molecule has 0 aromatic heterocycles. The standard InChI is InChI=1S/C32H37O5PS4/c1-7-36-31(39)41-18-24-14-20(3)27(21(4)15-24)29(33)38(35,26-12-10-9-11-13-26)30(34)28-22(5)16-25(17-23(28)6)19-42-32(40)37-8-2/h9-17,31,39H,7-8,18-19H2,1-6H3. The topological polar surface area (TPSA) is 69.7 Å². The van der Waals surface area contributed by atoms with Gasteiger partial charge in [0.2, 0.25) is 22.6 Å². The lowest BCUT2D eigenvalue weighted by Gasteiger charge is -2.22. The van der Waals surface area contributed by atoms with E-state index in [4.69, 9.17) is 21.7 Å². The third-order valence-corrected chi connectivity index (χ3v) is 12.1. The van der Waals surface area contributed by atoms with E-state index in [0.29, 0.717) is 62.5 Å². The van der Waals surface area contributed by atoms with E-state index in [-0.39, 0.29) is 10.1 Å². The smallest absolute Gasteiger partial charge is 0.248 e. The van der Waals surface area contributed by atoms with Crippen molar-refractivity contribution < 1.29 is 23.6 Å². The van der Waals surface area contributed by atoms with Gasteiger partial charge >= 0.3 is 0 Å². The van der Waals surface area contributed by atoms with Gasteiger partial charge in [0.15, 0.2) is 0 Å². The summed E-state index contributed by atoms with van der Waals surface area (Å²) in [6.45, 7) is 12.1. The molecule has 0 fully saturated rings. The Balaban J connectivity index is 2.04. The van der Waals surface area contributed by atoms with Gasteiger partial charge in [-0.3, -0.25) is 9.59 Å². The number of aryl methyl sites for hydroxylation is 4. The molecule has 2 atom stereocenters. The first-order valence-electron chi connectivity index (χ1n) is 13.6. The molecule has 5 nitrogen and oxygen atoms in total. The predicted molar refractivity (Wildman–Crippen MR) is 185 cm³/mol. The molecule has 0 saturated carbocycles. The lowest BCUT2D eigenvalue weighted by molar-refractivity contribution is 0.104. The van der Waals surface area contributed by atoms with E-state index in [1.54, 1.807) is 30.3 Å². The van der Waals surface area contributed by atoms with E-state index < -0.39 is 18.2 Å². The summed E-state index contributed by atoms with van der Waals surface area (Å²) >= 11 is 12.6. The molecule has 0 N–H and O–H groups in total. The average Bonchev–Trinajstić information content (AvgIpc) is 2.94. The molecule has 3 aromatic carbocycles. The second-order valence-electron chi connectivity index (χ2n) is 9.81. The van der Waals surface area contributed by atoms with Gasteiger partial charge < -0.3 is 14.0 Å². The van der Waals surface area contributed by atoms with Crippen LogP contribution in [0, 0.1) is 27.7 Å². The molecule has 0 spiro atoms. The zero-order valence-corrected chi connectivity index (χ0v) is 29.0. The van der Waals surface area contributed by atoms with E-state index >= 15 is 4.57 Å². The van der Waals surface area contributed by atoms with Crippen LogP contribution in [-0.4, -0.2) is 33.4 Å². The predicted octanol–water partition coefficient (Wildman–Crippen LogP) is 8.63. The van der Waals surface area contributed by atoms with Crippen LogP contribution in [0.5, 0.6) is 0 Å². The first-order chi connectivity index (χ1) is 19.9. The monoisotopic (exact) mass is 660 g/mol. The molecule has 10 heteroatoms. The van der Waals surface area contributed by atoms with Gasteiger partial charge in [-0.15, -0.1) is 24.4 Å². The Kier molecular flexibility index (Phi) is 13.0. The normalized spacial score (nSPS) is 13.3. The van der Waals surface area contributed by atoms with Gasteiger partial charge in [-0.2, -0.15) is 0 Å². The molecule has 3 aromatic rings. The molecule has 42 heavy (non-hydrogen) atoms. The number of thiocarbonyl (C=S) groups is 1. The Bertz CT molecular complexity index is 1460. The van der Waals surface area contributed by atoms with Gasteiger partial charge in [0, 0.05) is 34.5 Å². The van der Waals surface area contributed by atoms with E-state index in [2.05, 4.69) is 12.6 Å². The maximum atomic E-state index is 15.0. The second kappa shape index (κ2) is 15.7. The van der Waals surface area contributed by atoms with Crippen LogP contribution in [0.3, 0.4) is 0 Å². The first-order valence-corrected chi connectivity index (χ1v) is 18.3. The zero-order chi connectivity index (χ0) is 31.0. The molecule has 0 heterocycles. The Morgan fingerprint density at radius 2 is 1.31 bits per heavy atom. The van der Waals surface area contributed by atoms with Crippen LogP contribution in [0.4, 0.5) is 0 Å². The fourth-order valence-electron chi connectivity index (χ4n) is 4.89. The third kappa shape index (κ3) is 8.19. The van der Waals surface area contributed by atoms with Gasteiger partial charge in [-0.1, -0.05) is 66.4 Å². The highest BCUT2D eigenvalue weighted by molar-refractivity contribution is 8.22. The van der Waals surface area contributed by atoms with Crippen LogP contribution in [0.2, 0.25) is 0 Å². The van der Waals surface area contributed by atoms with Crippen molar-refractivity contribution in [1.29, 1.82) is 0 Å². The third-order valence-electron chi connectivity index (χ3n) is 6.63. The van der Waals surface area contributed by atoms with Crippen molar-refractivity contribution in [3.8, 4) is 0 Å². The van der Waals surface area contributed by atoms with Crippen LogP contribution in [0.25, 0.3) is 0 Å². The summed E-state index contributed by atoms with van der Waals surface area (Å²) in [5.74, 6) is 1.21. The van der Waals surface area contributed by atoms with Crippen LogP contribution in [0.1, 0.15) is 67.9 Å². The Labute approximate surface area is 268 Å². The van der Waals surface area contributed by atoms with Crippen molar-refractivity contribution in [1.82, 2.24) is 0 Å². The Morgan fingerprint density at radius 3 is 1.76 bits per heavy atom. The minimum atomic E-state index is -4.28. The Morgan fingerprint density at radius 1 is 0.833 bits per heavy atom.